The van der Waals surface area contributed by atoms with E-state index in [1.807, 2.05) is 4.68 Å². The topological polar surface area (TPSA) is 88.8 Å². The SMILES string of the molecule is CCNC(=NCC(C(CC)CC)N1CCOCC1)NC1CCc2nc(COC)nn2C1. The van der Waals surface area contributed by atoms with Crippen molar-refractivity contribution in [2.75, 3.05) is 46.5 Å². The lowest BCUT2D eigenvalue weighted by molar-refractivity contribution is 0.00395. The van der Waals surface area contributed by atoms with Crippen molar-refractivity contribution >= 4 is 5.96 Å². The van der Waals surface area contributed by atoms with Crippen LogP contribution in [-0.4, -0.2) is 84.2 Å². The molecule has 2 N–H and O–H groups in total. The molecule has 2 unspecified atom stereocenters. The summed E-state index contributed by atoms with van der Waals surface area (Å²) in [5, 5.41) is 11.7. The summed E-state index contributed by atoms with van der Waals surface area (Å²) in [5.41, 5.74) is 0. The lowest BCUT2D eigenvalue weighted by Crippen LogP contribution is -2.50. The molecule has 1 saturated heterocycles. The molecular weight excluding hydrogens is 394 g/mol. The highest BCUT2D eigenvalue weighted by molar-refractivity contribution is 5.80. The fourth-order valence-electron chi connectivity index (χ4n) is 4.67. The molecule has 0 spiro atoms. The Bertz CT molecular complexity index is 683. The molecule has 0 aromatic carbocycles. The van der Waals surface area contributed by atoms with Crippen LogP contribution in [0.5, 0.6) is 0 Å². The minimum Gasteiger partial charge on any atom is -0.379 e. The van der Waals surface area contributed by atoms with E-state index in [0.717, 1.165) is 76.4 Å². The molecule has 1 aromatic rings. The summed E-state index contributed by atoms with van der Waals surface area (Å²) < 4.78 is 12.8. The summed E-state index contributed by atoms with van der Waals surface area (Å²) in [6.45, 7) is 13.3. The van der Waals surface area contributed by atoms with E-state index in [2.05, 4.69) is 46.4 Å². The summed E-state index contributed by atoms with van der Waals surface area (Å²) in [6, 6.07) is 0.747. The summed E-state index contributed by atoms with van der Waals surface area (Å²) >= 11 is 0. The molecule has 1 fully saturated rings. The molecule has 2 aliphatic rings. The molecule has 0 amide bonds. The second-order valence-electron chi connectivity index (χ2n) is 8.45. The highest BCUT2D eigenvalue weighted by Crippen LogP contribution is 2.20. The Labute approximate surface area is 187 Å². The number of morpholine rings is 1. The number of hydrogen-bond donors (Lipinski definition) is 2. The highest BCUT2D eigenvalue weighted by atomic mass is 16.5. The molecule has 0 aliphatic carbocycles. The van der Waals surface area contributed by atoms with E-state index < -0.39 is 0 Å². The number of hydrogen-bond acceptors (Lipinski definition) is 6. The van der Waals surface area contributed by atoms with Crippen molar-refractivity contribution in [3.63, 3.8) is 0 Å². The first-order valence-corrected chi connectivity index (χ1v) is 12.0. The summed E-state index contributed by atoms with van der Waals surface area (Å²) in [4.78, 5) is 12.2. The first-order valence-electron chi connectivity index (χ1n) is 12.0. The lowest BCUT2D eigenvalue weighted by Gasteiger charge is -2.38. The number of fused-ring (bicyclic) bond motifs is 1. The van der Waals surface area contributed by atoms with Gasteiger partial charge in [-0.25, -0.2) is 9.67 Å². The molecule has 9 nitrogen and oxygen atoms in total. The largest absolute Gasteiger partial charge is 0.379 e. The molecule has 176 valence electrons. The van der Waals surface area contributed by atoms with Gasteiger partial charge in [-0.3, -0.25) is 9.89 Å². The first-order chi connectivity index (χ1) is 15.2. The van der Waals surface area contributed by atoms with Crippen LogP contribution in [0.2, 0.25) is 0 Å². The van der Waals surface area contributed by atoms with Crippen molar-refractivity contribution < 1.29 is 9.47 Å². The third kappa shape index (κ3) is 6.63. The van der Waals surface area contributed by atoms with Gasteiger partial charge in [-0.05, 0) is 19.3 Å². The van der Waals surface area contributed by atoms with Crippen molar-refractivity contribution in [2.45, 2.75) is 71.7 Å². The van der Waals surface area contributed by atoms with Gasteiger partial charge in [0, 0.05) is 45.2 Å². The highest BCUT2D eigenvalue weighted by Gasteiger charge is 2.27. The van der Waals surface area contributed by atoms with E-state index in [0.29, 0.717) is 18.6 Å². The zero-order valence-corrected chi connectivity index (χ0v) is 19.8. The Hall–Kier alpha value is -1.71. The smallest absolute Gasteiger partial charge is 0.191 e. The number of aromatic nitrogens is 3. The third-order valence-electron chi connectivity index (χ3n) is 6.40. The molecule has 3 rings (SSSR count). The van der Waals surface area contributed by atoms with Crippen LogP contribution in [0.3, 0.4) is 0 Å². The van der Waals surface area contributed by atoms with E-state index in [9.17, 15) is 0 Å². The van der Waals surface area contributed by atoms with Crippen LogP contribution in [0, 0.1) is 5.92 Å². The second kappa shape index (κ2) is 12.4. The fraction of sp³-hybridized carbons (Fsp3) is 0.864. The van der Waals surface area contributed by atoms with Crippen molar-refractivity contribution in [3.8, 4) is 0 Å². The number of nitrogens with zero attached hydrogens (tertiary/aromatic N) is 5. The number of aliphatic imine (C=N–C) groups is 1. The van der Waals surface area contributed by atoms with Gasteiger partial charge in [0.1, 0.15) is 12.4 Å². The minimum absolute atomic E-state index is 0.289. The normalized spacial score (nSPS) is 21.2. The van der Waals surface area contributed by atoms with Crippen molar-refractivity contribution in [1.29, 1.82) is 0 Å². The minimum atomic E-state index is 0.289. The van der Waals surface area contributed by atoms with Crippen LogP contribution in [0.4, 0.5) is 0 Å². The van der Waals surface area contributed by atoms with E-state index >= 15 is 0 Å². The number of rotatable bonds is 10. The van der Waals surface area contributed by atoms with Crippen molar-refractivity contribution in [1.82, 2.24) is 30.3 Å². The van der Waals surface area contributed by atoms with Crippen LogP contribution < -0.4 is 10.6 Å². The van der Waals surface area contributed by atoms with Crippen LogP contribution in [0.15, 0.2) is 4.99 Å². The van der Waals surface area contributed by atoms with E-state index in [1.165, 1.54) is 12.8 Å². The zero-order valence-electron chi connectivity index (χ0n) is 19.8. The Morgan fingerprint density at radius 1 is 1.26 bits per heavy atom. The van der Waals surface area contributed by atoms with Gasteiger partial charge in [-0.15, -0.1) is 0 Å². The van der Waals surface area contributed by atoms with Gasteiger partial charge in [-0.2, -0.15) is 5.10 Å². The maximum Gasteiger partial charge on any atom is 0.191 e. The van der Waals surface area contributed by atoms with Crippen LogP contribution in [-0.2, 0) is 29.0 Å². The van der Waals surface area contributed by atoms with Gasteiger partial charge in [0.15, 0.2) is 11.8 Å². The van der Waals surface area contributed by atoms with Gasteiger partial charge < -0.3 is 20.1 Å². The summed E-state index contributed by atoms with van der Waals surface area (Å²) in [5.74, 6) is 3.36. The number of aryl methyl sites for hydroxylation is 1. The molecule has 0 saturated carbocycles. The molecule has 9 heteroatoms. The molecule has 2 aliphatic heterocycles. The number of ether oxygens (including phenoxy) is 2. The number of guanidine groups is 1. The van der Waals surface area contributed by atoms with Crippen LogP contribution in [0.1, 0.15) is 51.7 Å². The van der Waals surface area contributed by atoms with E-state index in [4.69, 9.17) is 14.5 Å². The van der Waals surface area contributed by atoms with Gasteiger partial charge in [-0.1, -0.05) is 26.7 Å². The second-order valence-corrected chi connectivity index (χ2v) is 8.45. The lowest BCUT2D eigenvalue weighted by atomic mass is 9.92. The quantitative estimate of drug-likeness (QED) is 0.425. The summed E-state index contributed by atoms with van der Waals surface area (Å²) in [6.07, 6.45) is 4.30. The Balaban J connectivity index is 1.65. The number of methoxy groups -OCH3 is 1. The fourth-order valence-corrected chi connectivity index (χ4v) is 4.67. The molecule has 0 bridgehead atoms. The predicted octanol–water partition coefficient (Wildman–Crippen LogP) is 1.43. The van der Waals surface area contributed by atoms with E-state index in [1.54, 1.807) is 7.11 Å². The standard InChI is InChI=1S/C22H41N7O2/c1-5-17(6-2)19(28-10-12-31-13-11-28)14-24-22(23-7-3)25-18-8-9-21-26-20(16-30-4)27-29(21)15-18/h17-19H,5-16H2,1-4H3,(H2,23,24,25). The Morgan fingerprint density at radius 2 is 2.03 bits per heavy atom. The molecule has 31 heavy (non-hydrogen) atoms. The number of nitrogens with one attached hydrogen (secondary N) is 2. The van der Waals surface area contributed by atoms with E-state index in [-0.39, 0.29) is 6.04 Å². The predicted molar refractivity (Wildman–Crippen MR) is 122 cm³/mol. The van der Waals surface area contributed by atoms with Gasteiger partial charge in [0.2, 0.25) is 0 Å². The maximum absolute atomic E-state index is 5.58. The average molecular weight is 436 g/mol. The zero-order chi connectivity index (χ0) is 22.1. The monoisotopic (exact) mass is 435 g/mol. The molecule has 3 heterocycles. The van der Waals surface area contributed by atoms with Crippen LogP contribution >= 0.6 is 0 Å². The first kappa shape index (κ1) is 23.9. The van der Waals surface area contributed by atoms with Crippen molar-refractivity contribution in [2.24, 2.45) is 10.9 Å². The van der Waals surface area contributed by atoms with Gasteiger partial charge in [0.25, 0.3) is 0 Å². The third-order valence-corrected chi connectivity index (χ3v) is 6.40. The Kier molecular flexibility index (Phi) is 9.54. The maximum atomic E-state index is 5.58. The van der Waals surface area contributed by atoms with Crippen molar-refractivity contribution in [3.05, 3.63) is 11.6 Å². The van der Waals surface area contributed by atoms with Crippen LogP contribution in [0.25, 0.3) is 0 Å². The molecule has 0 radical (unpaired) electrons. The van der Waals surface area contributed by atoms with Gasteiger partial charge in [0.05, 0.1) is 26.3 Å². The molecular formula is C22H41N7O2. The Morgan fingerprint density at radius 3 is 2.71 bits per heavy atom. The molecule has 1 aromatic heterocycles. The summed E-state index contributed by atoms with van der Waals surface area (Å²) in [7, 11) is 1.68. The average Bonchev–Trinajstić information content (AvgIpc) is 3.19. The van der Waals surface area contributed by atoms with Gasteiger partial charge >= 0.3 is 0 Å². The molecule has 2 atom stereocenters.